The van der Waals surface area contributed by atoms with Gasteiger partial charge in [0.15, 0.2) is 0 Å². The summed E-state index contributed by atoms with van der Waals surface area (Å²) in [5.41, 5.74) is 6.22. The van der Waals surface area contributed by atoms with E-state index in [4.69, 9.17) is 5.73 Å². The maximum absolute atomic E-state index is 13.5. The van der Waals surface area contributed by atoms with E-state index >= 15 is 0 Å². The molecule has 0 aliphatic heterocycles. The zero-order valence-electron chi connectivity index (χ0n) is 9.93. The average molecular weight is 228 g/mol. The highest BCUT2D eigenvalue weighted by Crippen LogP contribution is 2.16. The van der Waals surface area contributed by atoms with Gasteiger partial charge in [0.2, 0.25) is 0 Å². The molecule has 2 N–H and O–H groups in total. The zero-order valence-corrected chi connectivity index (χ0v) is 9.93. The van der Waals surface area contributed by atoms with Crippen LogP contribution in [-0.4, -0.2) is 18.0 Å². The molecule has 0 aliphatic carbocycles. The number of hydrogen-bond donors (Lipinski definition) is 1. The highest BCUT2D eigenvalue weighted by Gasteiger charge is 2.12. The molecule has 1 aromatic rings. The number of nitrogens with zero attached hydrogens (tertiary/aromatic N) is 1. The number of nitrogens with two attached hydrogens (primary N) is 1. The molecule has 90 valence electrons. The van der Waals surface area contributed by atoms with Crippen LogP contribution in [0.5, 0.6) is 0 Å². The van der Waals surface area contributed by atoms with E-state index in [0.717, 1.165) is 6.07 Å². The maximum Gasteiger partial charge on any atom is 0.130 e. The summed E-state index contributed by atoms with van der Waals surface area (Å²) in [6.07, 6.45) is 0. The summed E-state index contributed by atoms with van der Waals surface area (Å²) in [4.78, 5) is 1.98. The summed E-state index contributed by atoms with van der Waals surface area (Å²) >= 11 is 0. The van der Waals surface area contributed by atoms with E-state index in [-0.39, 0.29) is 6.54 Å². The Morgan fingerprint density at radius 2 is 1.75 bits per heavy atom. The van der Waals surface area contributed by atoms with Crippen molar-refractivity contribution in [1.29, 1.82) is 0 Å². The van der Waals surface area contributed by atoms with Crippen molar-refractivity contribution in [2.75, 3.05) is 7.05 Å². The minimum absolute atomic E-state index is 0.0878. The fourth-order valence-corrected chi connectivity index (χ4v) is 1.37. The Hall–Kier alpha value is -1.00. The second kappa shape index (κ2) is 5.37. The molecule has 0 heterocycles. The lowest BCUT2D eigenvalue weighted by molar-refractivity contribution is 0.262. The molecule has 0 radical (unpaired) electrons. The van der Waals surface area contributed by atoms with Gasteiger partial charge in [-0.3, -0.25) is 4.90 Å². The molecule has 1 rings (SSSR count). The summed E-state index contributed by atoms with van der Waals surface area (Å²) < 4.78 is 26.7. The Balaban J connectivity index is 2.96. The lowest BCUT2D eigenvalue weighted by atomic mass is 10.1. The molecule has 0 atom stereocenters. The van der Waals surface area contributed by atoms with Crippen LogP contribution in [0, 0.1) is 11.6 Å². The van der Waals surface area contributed by atoms with Gasteiger partial charge in [0.1, 0.15) is 11.6 Å². The number of rotatable bonds is 4. The fraction of sp³-hybridized carbons (Fsp3) is 0.500. The van der Waals surface area contributed by atoms with Gasteiger partial charge in [-0.25, -0.2) is 8.78 Å². The summed E-state index contributed by atoms with van der Waals surface area (Å²) in [5.74, 6) is -1.09. The van der Waals surface area contributed by atoms with E-state index < -0.39 is 11.6 Å². The quantitative estimate of drug-likeness (QED) is 0.856. The van der Waals surface area contributed by atoms with Crippen molar-refractivity contribution >= 4 is 0 Å². The Labute approximate surface area is 95.1 Å². The summed E-state index contributed by atoms with van der Waals surface area (Å²) in [7, 11) is 1.90. The van der Waals surface area contributed by atoms with Gasteiger partial charge in [0.05, 0.1) is 0 Å². The first kappa shape index (κ1) is 13.1. The standard InChI is InChI=1S/C12H18F2N2/c1-8(2)16(3)7-10-4-9(6-15)11(13)5-12(10)14/h4-5,8H,6-7,15H2,1-3H3. The van der Waals surface area contributed by atoms with Gasteiger partial charge in [0.25, 0.3) is 0 Å². The molecule has 4 heteroatoms. The Morgan fingerprint density at radius 1 is 1.19 bits per heavy atom. The normalized spacial score (nSPS) is 11.5. The Kier molecular flexibility index (Phi) is 4.38. The van der Waals surface area contributed by atoms with Crippen LogP contribution in [0.1, 0.15) is 25.0 Å². The minimum Gasteiger partial charge on any atom is -0.326 e. The highest BCUT2D eigenvalue weighted by molar-refractivity contribution is 5.26. The number of halogens is 2. The van der Waals surface area contributed by atoms with Crippen LogP contribution in [0.25, 0.3) is 0 Å². The third kappa shape index (κ3) is 3.00. The van der Waals surface area contributed by atoms with Crippen LogP contribution >= 0.6 is 0 Å². The molecule has 2 nitrogen and oxygen atoms in total. The molecule has 0 spiro atoms. The van der Waals surface area contributed by atoms with Gasteiger partial charge in [-0.15, -0.1) is 0 Å². The van der Waals surface area contributed by atoms with Crippen LogP contribution in [-0.2, 0) is 13.1 Å². The Morgan fingerprint density at radius 3 is 2.25 bits per heavy atom. The topological polar surface area (TPSA) is 29.3 Å². The molecule has 0 aliphatic rings. The molecule has 16 heavy (non-hydrogen) atoms. The zero-order chi connectivity index (χ0) is 12.3. The first-order valence-corrected chi connectivity index (χ1v) is 5.32. The van der Waals surface area contributed by atoms with Crippen molar-refractivity contribution < 1.29 is 8.78 Å². The molecule has 0 bridgehead atoms. The minimum atomic E-state index is -0.573. The van der Waals surface area contributed by atoms with Crippen molar-refractivity contribution in [3.8, 4) is 0 Å². The lowest BCUT2D eigenvalue weighted by Gasteiger charge is -2.21. The smallest absolute Gasteiger partial charge is 0.130 e. The van der Waals surface area contributed by atoms with Crippen molar-refractivity contribution in [1.82, 2.24) is 4.90 Å². The van der Waals surface area contributed by atoms with Crippen molar-refractivity contribution in [2.24, 2.45) is 5.73 Å². The molecular formula is C12H18F2N2. The molecule has 0 amide bonds. The van der Waals surface area contributed by atoms with Gasteiger partial charge in [-0.1, -0.05) is 0 Å². The summed E-state index contributed by atoms with van der Waals surface area (Å²) in [6, 6.07) is 2.72. The van der Waals surface area contributed by atoms with Crippen LogP contribution in [0.4, 0.5) is 8.78 Å². The second-order valence-electron chi connectivity index (χ2n) is 4.25. The number of benzene rings is 1. The van der Waals surface area contributed by atoms with E-state index in [1.165, 1.54) is 6.07 Å². The van der Waals surface area contributed by atoms with Crippen LogP contribution in [0.3, 0.4) is 0 Å². The van der Waals surface area contributed by atoms with Crippen LogP contribution in [0.15, 0.2) is 12.1 Å². The molecular weight excluding hydrogens is 210 g/mol. The van der Waals surface area contributed by atoms with E-state index in [1.54, 1.807) is 0 Å². The molecule has 0 fully saturated rings. The molecule has 0 aromatic heterocycles. The van der Waals surface area contributed by atoms with E-state index in [1.807, 2.05) is 25.8 Å². The number of hydrogen-bond acceptors (Lipinski definition) is 2. The molecule has 0 saturated carbocycles. The molecule has 0 saturated heterocycles. The average Bonchev–Trinajstić information content (AvgIpc) is 2.21. The van der Waals surface area contributed by atoms with Gasteiger partial charge < -0.3 is 5.73 Å². The lowest BCUT2D eigenvalue weighted by Crippen LogP contribution is -2.26. The maximum atomic E-state index is 13.5. The third-order valence-corrected chi connectivity index (χ3v) is 2.74. The van der Waals surface area contributed by atoms with Gasteiger partial charge in [0, 0.05) is 36.3 Å². The van der Waals surface area contributed by atoms with Crippen molar-refractivity contribution in [3.63, 3.8) is 0 Å². The van der Waals surface area contributed by atoms with Gasteiger partial charge in [-0.05, 0) is 27.0 Å². The molecule has 0 unspecified atom stereocenters. The first-order valence-electron chi connectivity index (χ1n) is 5.32. The molecule has 1 aromatic carbocycles. The van der Waals surface area contributed by atoms with E-state index in [9.17, 15) is 8.78 Å². The largest absolute Gasteiger partial charge is 0.326 e. The summed E-state index contributed by atoms with van der Waals surface area (Å²) in [6.45, 7) is 4.58. The third-order valence-electron chi connectivity index (χ3n) is 2.74. The van der Waals surface area contributed by atoms with Crippen molar-refractivity contribution in [2.45, 2.75) is 33.0 Å². The van der Waals surface area contributed by atoms with Gasteiger partial charge in [-0.2, -0.15) is 0 Å². The first-order chi connectivity index (χ1) is 7.45. The second-order valence-corrected chi connectivity index (χ2v) is 4.25. The summed E-state index contributed by atoms with van der Waals surface area (Å²) in [5, 5.41) is 0. The highest BCUT2D eigenvalue weighted by atomic mass is 19.1. The Bertz CT molecular complexity index is 364. The van der Waals surface area contributed by atoms with Crippen LogP contribution in [0.2, 0.25) is 0 Å². The predicted octanol–water partition coefficient (Wildman–Crippen LogP) is 2.26. The van der Waals surface area contributed by atoms with Crippen LogP contribution < -0.4 is 5.73 Å². The van der Waals surface area contributed by atoms with Crippen molar-refractivity contribution in [3.05, 3.63) is 34.9 Å². The monoisotopic (exact) mass is 228 g/mol. The predicted molar refractivity (Wildman–Crippen MR) is 60.9 cm³/mol. The fourth-order valence-electron chi connectivity index (χ4n) is 1.37. The van der Waals surface area contributed by atoms with E-state index in [2.05, 4.69) is 0 Å². The SMILES string of the molecule is CC(C)N(C)Cc1cc(CN)c(F)cc1F. The van der Waals surface area contributed by atoms with Gasteiger partial charge >= 0.3 is 0 Å². The van der Waals surface area contributed by atoms with E-state index in [0.29, 0.717) is 23.7 Å².